The lowest BCUT2D eigenvalue weighted by atomic mass is 10.1. The summed E-state index contributed by atoms with van der Waals surface area (Å²) < 4.78 is 11.2. The monoisotopic (exact) mass is 334 g/mol. The zero-order valence-electron chi connectivity index (χ0n) is 14.0. The Morgan fingerprint density at radius 3 is 2.65 bits per heavy atom. The first-order valence-corrected chi connectivity index (χ1v) is 10.1. The molecule has 2 rings (SSSR count). The zero-order chi connectivity index (χ0) is 16.7. The molecule has 1 aromatic carbocycles. The van der Waals surface area contributed by atoms with Gasteiger partial charge in [-0.25, -0.2) is 14.4 Å². The van der Waals surface area contributed by atoms with Crippen LogP contribution in [0, 0.1) is 0 Å². The van der Waals surface area contributed by atoms with Crippen LogP contribution in [0.25, 0.3) is 0 Å². The van der Waals surface area contributed by atoms with Gasteiger partial charge in [-0.05, 0) is 24.1 Å². The van der Waals surface area contributed by atoms with Gasteiger partial charge in [0.15, 0.2) is 0 Å². The average molecular weight is 334 g/mol. The minimum atomic E-state index is -2.30. The van der Waals surface area contributed by atoms with E-state index in [4.69, 9.17) is 9.26 Å². The molecule has 0 saturated carbocycles. The van der Waals surface area contributed by atoms with Gasteiger partial charge in [-0.15, -0.1) is 0 Å². The highest BCUT2D eigenvalue weighted by Gasteiger charge is 2.33. The third-order valence-corrected chi connectivity index (χ3v) is 5.62. The predicted molar refractivity (Wildman–Crippen MR) is 95.0 cm³/mol. The molecule has 23 heavy (non-hydrogen) atoms. The Kier molecular flexibility index (Phi) is 6.52. The summed E-state index contributed by atoms with van der Waals surface area (Å²) in [5.41, 5.74) is 2.21. The molecule has 5 heteroatoms. The molecule has 0 fully saturated rings. The average Bonchev–Trinajstić information content (AvgIpc) is 2.53. The Morgan fingerprint density at radius 1 is 1.22 bits per heavy atom. The Morgan fingerprint density at radius 2 is 1.96 bits per heavy atom. The van der Waals surface area contributed by atoms with Crippen molar-refractivity contribution in [1.29, 1.82) is 0 Å². The Hall–Kier alpha value is -1.48. The van der Waals surface area contributed by atoms with Crippen LogP contribution in [0.5, 0.6) is 5.88 Å². The quantitative estimate of drug-likeness (QED) is 0.733. The number of hydrogen-bond acceptors (Lipinski definition) is 4. The molecule has 2 unspecified atom stereocenters. The molecule has 1 heterocycles. The van der Waals surface area contributed by atoms with Gasteiger partial charge in [0, 0.05) is 18.2 Å². The van der Waals surface area contributed by atoms with Gasteiger partial charge < -0.3 is 4.74 Å². The van der Waals surface area contributed by atoms with Gasteiger partial charge in [-0.3, -0.25) is 0 Å². The molecule has 0 aliphatic rings. The highest BCUT2D eigenvalue weighted by atomic mass is 31.2. The normalized spacial score (nSPS) is 15.0. The number of aromatic nitrogens is 1. The van der Waals surface area contributed by atoms with Gasteiger partial charge >= 0.3 is 0 Å². The van der Waals surface area contributed by atoms with Crippen molar-refractivity contribution in [3.63, 3.8) is 0 Å². The Balaban J connectivity index is 1.98. The minimum Gasteiger partial charge on any atom is -0.473 e. The van der Waals surface area contributed by atoms with Crippen LogP contribution in [0.15, 0.2) is 48.7 Å². The van der Waals surface area contributed by atoms with Gasteiger partial charge in [0.1, 0.15) is 19.4 Å². The Labute approximate surface area is 139 Å². The highest BCUT2D eigenvalue weighted by molar-refractivity contribution is 7.64. The van der Waals surface area contributed by atoms with Gasteiger partial charge in [0.25, 0.3) is 7.72 Å². The van der Waals surface area contributed by atoms with Crippen molar-refractivity contribution in [2.24, 2.45) is 0 Å². The summed E-state index contributed by atoms with van der Waals surface area (Å²) in [7, 11) is -2.30. The van der Waals surface area contributed by atoms with E-state index in [1.165, 1.54) is 0 Å². The summed E-state index contributed by atoms with van der Waals surface area (Å²) in [6, 6.07) is 13.9. The van der Waals surface area contributed by atoms with Gasteiger partial charge in [0.05, 0.1) is 6.61 Å². The van der Waals surface area contributed by atoms with Gasteiger partial charge in [-0.1, -0.05) is 37.3 Å². The van der Waals surface area contributed by atoms with Crippen molar-refractivity contribution < 1.29 is 14.2 Å². The molecule has 1 N–H and O–H groups in total. The maximum Gasteiger partial charge on any atom is 0.269 e. The highest BCUT2D eigenvalue weighted by Crippen LogP contribution is 2.54. The number of benzene rings is 1. The van der Waals surface area contributed by atoms with Crippen molar-refractivity contribution in [2.45, 2.75) is 26.4 Å². The number of nitrogens with zero attached hydrogens (tertiary/aromatic N) is 1. The van der Waals surface area contributed by atoms with Crippen molar-refractivity contribution in [1.82, 2.24) is 4.98 Å². The summed E-state index contributed by atoms with van der Waals surface area (Å²) in [5.74, 6) is 0.791. The molecule has 1 aromatic heterocycles. The molecule has 0 amide bonds. The van der Waals surface area contributed by atoms with E-state index in [0.29, 0.717) is 25.3 Å². The summed E-state index contributed by atoms with van der Waals surface area (Å²) in [4.78, 5) is 14.6. The number of hydrogen-bond donors (Lipinski definition) is 1. The van der Waals surface area contributed by atoms with Crippen molar-refractivity contribution in [3.05, 3.63) is 59.8 Å². The first-order chi connectivity index (χ1) is 11.0. The van der Waals surface area contributed by atoms with E-state index >= 15 is 0 Å². The van der Waals surface area contributed by atoms with E-state index in [-0.39, 0.29) is 5.92 Å². The molecule has 0 saturated heterocycles. The molecule has 0 spiro atoms. The molecule has 4 nitrogen and oxygen atoms in total. The minimum absolute atomic E-state index is 0.187. The molecule has 0 radical (unpaired) electrons. The van der Waals surface area contributed by atoms with Crippen LogP contribution >= 0.6 is 7.72 Å². The standard InChI is InChI=1S/C18H25NO3P/c1-4-22-23(3,20)14-15(2)17-10-11-19-18(12-17)21-13-16-8-6-5-7-9-16/h5-12,15,20H,4,13-14H2,1-3H3/q+1. The van der Waals surface area contributed by atoms with Crippen LogP contribution in [0.4, 0.5) is 0 Å². The van der Waals surface area contributed by atoms with E-state index in [2.05, 4.69) is 11.9 Å². The zero-order valence-corrected chi connectivity index (χ0v) is 14.9. The fourth-order valence-corrected chi connectivity index (χ4v) is 4.37. The van der Waals surface area contributed by atoms with Gasteiger partial charge in [0.2, 0.25) is 5.88 Å². The lowest BCUT2D eigenvalue weighted by Gasteiger charge is -2.18. The molecular weight excluding hydrogens is 309 g/mol. The maximum absolute atomic E-state index is 10.3. The number of ether oxygens (including phenoxy) is 1. The number of pyridine rings is 1. The smallest absolute Gasteiger partial charge is 0.269 e. The van der Waals surface area contributed by atoms with E-state index in [1.54, 1.807) is 12.9 Å². The van der Waals surface area contributed by atoms with Crippen LogP contribution in [0.2, 0.25) is 0 Å². The van der Waals surface area contributed by atoms with Crippen molar-refractivity contribution in [3.8, 4) is 5.88 Å². The third-order valence-electron chi connectivity index (χ3n) is 3.58. The topological polar surface area (TPSA) is 51.6 Å². The summed E-state index contributed by atoms with van der Waals surface area (Å²) >= 11 is 0. The van der Waals surface area contributed by atoms with E-state index < -0.39 is 7.72 Å². The summed E-state index contributed by atoms with van der Waals surface area (Å²) in [5, 5.41) is 0. The van der Waals surface area contributed by atoms with Crippen LogP contribution in [-0.4, -0.2) is 29.3 Å². The first-order valence-electron chi connectivity index (χ1n) is 7.85. The Bertz CT molecular complexity index is 604. The molecule has 2 atom stereocenters. The van der Waals surface area contributed by atoms with Crippen LogP contribution in [-0.2, 0) is 11.1 Å². The largest absolute Gasteiger partial charge is 0.473 e. The van der Waals surface area contributed by atoms with E-state index in [0.717, 1.165) is 11.1 Å². The maximum atomic E-state index is 10.3. The predicted octanol–water partition coefficient (Wildman–Crippen LogP) is 4.27. The SMILES string of the molecule is CCO[P+](C)(O)CC(C)c1ccnc(OCc2ccccc2)c1. The number of rotatable bonds is 8. The van der Waals surface area contributed by atoms with Gasteiger partial charge in [-0.2, -0.15) is 0 Å². The van der Waals surface area contributed by atoms with E-state index in [1.807, 2.05) is 49.4 Å². The van der Waals surface area contributed by atoms with Crippen molar-refractivity contribution in [2.75, 3.05) is 19.4 Å². The van der Waals surface area contributed by atoms with Crippen molar-refractivity contribution >= 4 is 7.72 Å². The molecule has 2 aromatic rings. The lowest BCUT2D eigenvalue weighted by Crippen LogP contribution is -2.08. The molecule has 0 bridgehead atoms. The third kappa shape index (κ3) is 5.91. The summed E-state index contributed by atoms with van der Waals surface area (Å²) in [6.45, 7) is 6.83. The lowest BCUT2D eigenvalue weighted by molar-refractivity contribution is 0.293. The summed E-state index contributed by atoms with van der Waals surface area (Å²) in [6.07, 6.45) is 2.38. The van der Waals surface area contributed by atoms with E-state index in [9.17, 15) is 4.89 Å². The second kappa shape index (κ2) is 8.39. The van der Waals surface area contributed by atoms with Crippen LogP contribution in [0.1, 0.15) is 30.9 Å². The second-order valence-electron chi connectivity index (χ2n) is 5.75. The van der Waals surface area contributed by atoms with Crippen LogP contribution in [0.3, 0.4) is 0 Å². The molecule has 0 aliphatic carbocycles. The molecule has 0 aliphatic heterocycles. The fourth-order valence-electron chi connectivity index (χ4n) is 2.49. The van der Waals surface area contributed by atoms with Crippen LogP contribution < -0.4 is 4.74 Å². The molecule has 124 valence electrons. The second-order valence-corrected chi connectivity index (χ2v) is 8.48. The fraction of sp³-hybridized carbons (Fsp3) is 0.389. The molecular formula is C18H25NO3P+. The first kappa shape index (κ1) is 17.9.